The maximum Gasteiger partial charge on any atom is 0.264 e. The molecule has 2 aromatic rings. The van der Waals surface area contributed by atoms with Crippen molar-refractivity contribution in [2.45, 2.75) is 31.8 Å². The molecule has 7 heteroatoms. The van der Waals surface area contributed by atoms with Gasteiger partial charge in [-0.2, -0.15) is 5.10 Å². The minimum atomic E-state index is 0.112. The molecular formula is C19H25N3O3S. The van der Waals surface area contributed by atoms with E-state index in [2.05, 4.69) is 9.78 Å². The smallest absolute Gasteiger partial charge is 0.264 e. The zero-order chi connectivity index (χ0) is 17.8. The minimum absolute atomic E-state index is 0.112. The summed E-state index contributed by atoms with van der Waals surface area (Å²) in [4.78, 5) is 15.5. The average Bonchev–Trinajstić information content (AvgIpc) is 3.37. The molecule has 0 aromatic carbocycles. The molecule has 0 bridgehead atoms. The molecule has 0 radical (unpaired) electrons. The lowest BCUT2D eigenvalue weighted by molar-refractivity contribution is 0.0156. The molecule has 1 fully saturated rings. The molecule has 4 heterocycles. The zero-order valence-corrected chi connectivity index (χ0v) is 15.7. The Balaban J connectivity index is 1.33. The highest BCUT2D eigenvalue weighted by Gasteiger charge is 2.29. The number of thiophene rings is 1. The first-order valence-corrected chi connectivity index (χ1v) is 10.2. The summed E-state index contributed by atoms with van der Waals surface area (Å²) in [6.07, 6.45) is 4.88. The van der Waals surface area contributed by atoms with Gasteiger partial charge in [0.2, 0.25) is 0 Å². The molecule has 2 aliphatic heterocycles. The molecule has 1 amide bonds. The first-order chi connectivity index (χ1) is 12.8. The number of fused-ring (bicyclic) bond motifs is 1. The van der Waals surface area contributed by atoms with Gasteiger partial charge < -0.3 is 14.4 Å². The molecule has 2 aromatic heterocycles. The second kappa shape index (κ2) is 8.33. The molecule has 2 aliphatic rings. The van der Waals surface area contributed by atoms with Crippen LogP contribution in [-0.2, 0) is 16.0 Å². The fourth-order valence-electron chi connectivity index (χ4n) is 3.69. The summed E-state index contributed by atoms with van der Waals surface area (Å²) in [5.74, 6) is 0.729. The molecule has 4 rings (SSSR count). The molecular weight excluding hydrogens is 350 g/mol. The second-order valence-electron chi connectivity index (χ2n) is 7.00. The van der Waals surface area contributed by atoms with Crippen LogP contribution in [0.5, 0.6) is 0 Å². The van der Waals surface area contributed by atoms with Gasteiger partial charge in [-0.05, 0) is 42.7 Å². The van der Waals surface area contributed by atoms with Gasteiger partial charge in [-0.3, -0.25) is 9.48 Å². The Morgan fingerprint density at radius 2 is 2.23 bits per heavy atom. The van der Waals surface area contributed by atoms with Gasteiger partial charge in [0, 0.05) is 39.2 Å². The summed E-state index contributed by atoms with van der Waals surface area (Å²) < 4.78 is 13.4. The van der Waals surface area contributed by atoms with E-state index in [-0.39, 0.29) is 11.9 Å². The number of hydrogen-bond acceptors (Lipinski definition) is 5. The largest absolute Gasteiger partial charge is 0.381 e. The van der Waals surface area contributed by atoms with Gasteiger partial charge in [0.25, 0.3) is 5.91 Å². The lowest BCUT2D eigenvalue weighted by atomic mass is 10.0. The molecule has 1 saturated heterocycles. The molecule has 0 aliphatic carbocycles. The van der Waals surface area contributed by atoms with E-state index >= 15 is 0 Å². The monoisotopic (exact) mass is 375 g/mol. The van der Waals surface area contributed by atoms with Crippen LogP contribution >= 0.6 is 11.3 Å². The minimum Gasteiger partial charge on any atom is -0.381 e. The predicted octanol–water partition coefficient (Wildman–Crippen LogP) is 2.98. The van der Waals surface area contributed by atoms with Crippen molar-refractivity contribution in [2.75, 3.05) is 33.0 Å². The van der Waals surface area contributed by atoms with E-state index in [0.29, 0.717) is 25.6 Å². The van der Waals surface area contributed by atoms with Crippen LogP contribution in [0.2, 0.25) is 0 Å². The molecule has 1 unspecified atom stereocenters. The van der Waals surface area contributed by atoms with Gasteiger partial charge in [-0.1, -0.05) is 6.07 Å². The highest BCUT2D eigenvalue weighted by atomic mass is 32.1. The van der Waals surface area contributed by atoms with Crippen molar-refractivity contribution in [1.82, 2.24) is 14.7 Å². The number of carbonyl (C=O) groups is 1. The van der Waals surface area contributed by atoms with Crippen LogP contribution in [-0.4, -0.2) is 53.6 Å². The summed E-state index contributed by atoms with van der Waals surface area (Å²) in [5, 5.41) is 6.42. The first kappa shape index (κ1) is 17.7. The van der Waals surface area contributed by atoms with Gasteiger partial charge in [0.05, 0.1) is 23.2 Å². The van der Waals surface area contributed by atoms with Crippen LogP contribution in [0.25, 0.3) is 0 Å². The lowest BCUT2D eigenvalue weighted by Gasteiger charge is -2.34. The maximum absolute atomic E-state index is 12.7. The topological polar surface area (TPSA) is 56.6 Å². The Bertz CT molecular complexity index is 709. The molecule has 1 atom stereocenters. The first-order valence-electron chi connectivity index (χ1n) is 9.32. The van der Waals surface area contributed by atoms with Crippen molar-refractivity contribution in [3.8, 4) is 0 Å². The number of carbonyl (C=O) groups excluding carboxylic acids is 1. The number of ether oxygens (including phenoxy) is 2. The third-order valence-electron chi connectivity index (χ3n) is 5.19. The number of nitrogens with zero attached hydrogens (tertiary/aromatic N) is 3. The van der Waals surface area contributed by atoms with Gasteiger partial charge in [0.1, 0.15) is 0 Å². The molecule has 0 spiro atoms. The summed E-state index contributed by atoms with van der Waals surface area (Å²) in [6, 6.07) is 6.00. The molecule has 0 N–H and O–H groups in total. The van der Waals surface area contributed by atoms with Crippen LogP contribution in [0.4, 0.5) is 0 Å². The number of hydrogen-bond donors (Lipinski definition) is 0. The zero-order valence-electron chi connectivity index (χ0n) is 14.9. The van der Waals surface area contributed by atoms with E-state index in [0.717, 1.165) is 49.7 Å². The van der Waals surface area contributed by atoms with E-state index in [1.807, 2.05) is 34.7 Å². The average molecular weight is 375 g/mol. The van der Waals surface area contributed by atoms with Gasteiger partial charge in [0.15, 0.2) is 0 Å². The Morgan fingerprint density at radius 1 is 1.35 bits per heavy atom. The van der Waals surface area contributed by atoms with Crippen LogP contribution in [0, 0.1) is 5.92 Å². The van der Waals surface area contributed by atoms with Crippen molar-refractivity contribution in [2.24, 2.45) is 5.92 Å². The molecule has 26 heavy (non-hydrogen) atoms. The quantitative estimate of drug-likeness (QED) is 0.729. The van der Waals surface area contributed by atoms with Gasteiger partial charge in [-0.15, -0.1) is 11.3 Å². The number of amides is 1. The van der Waals surface area contributed by atoms with Crippen molar-refractivity contribution in [1.29, 1.82) is 0 Å². The van der Waals surface area contributed by atoms with E-state index in [1.165, 1.54) is 11.3 Å². The standard InChI is InChI=1S/C19H25N3O3S/c23-19(18-2-1-11-26-18)21-12-16-3-7-20-22(16)17(13-21)6-10-25-14-15-4-8-24-9-5-15/h1-3,7,11,15,17H,4-6,8-10,12-14H2. The van der Waals surface area contributed by atoms with Crippen LogP contribution in [0.1, 0.15) is 40.7 Å². The third-order valence-corrected chi connectivity index (χ3v) is 6.05. The van der Waals surface area contributed by atoms with E-state index < -0.39 is 0 Å². The van der Waals surface area contributed by atoms with Crippen molar-refractivity contribution in [3.63, 3.8) is 0 Å². The highest BCUT2D eigenvalue weighted by molar-refractivity contribution is 7.12. The summed E-state index contributed by atoms with van der Waals surface area (Å²) >= 11 is 1.50. The Morgan fingerprint density at radius 3 is 3.04 bits per heavy atom. The third kappa shape index (κ3) is 4.00. The molecule has 0 saturated carbocycles. The Kier molecular flexibility index (Phi) is 5.67. The molecule has 140 valence electrons. The Labute approximate surface area is 157 Å². The fraction of sp³-hybridized carbons (Fsp3) is 0.579. The summed E-state index contributed by atoms with van der Waals surface area (Å²) in [7, 11) is 0. The van der Waals surface area contributed by atoms with E-state index in [9.17, 15) is 4.79 Å². The van der Waals surface area contributed by atoms with Crippen molar-refractivity contribution in [3.05, 3.63) is 40.3 Å². The fourth-order valence-corrected chi connectivity index (χ4v) is 4.39. The van der Waals surface area contributed by atoms with E-state index in [1.54, 1.807) is 0 Å². The SMILES string of the molecule is O=C(c1cccs1)N1Cc2ccnn2C(CCOCC2CCOCC2)C1. The number of aromatic nitrogens is 2. The second-order valence-corrected chi connectivity index (χ2v) is 7.95. The van der Waals surface area contributed by atoms with Crippen LogP contribution < -0.4 is 0 Å². The lowest BCUT2D eigenvalue weighted by Crippen LogP contribution is -2.41. The normalized spacial score (nSPS) is 20.9. The van der Waals surface area contributed by atoms with Crippen LogP contribution in [0.3, 0.4) is 0 Å². The number of rotatable bonds is 6. The Hall–Kier alpha value is -1.70. The van der Waals surface area contributed by atoms with Crippen molar-refractivity contribution >= 4 is 17.2 Å². The summed E-state index contributed by atoms with van der Waals surface area (Å²) in [6.45, 7) is 4.52. The van der Waals surface area contributed by atoms with Gasteiger partial charge in [-0.25, -0.2) is 0 Å². The van der Waals surface area contributed by atoms with Gasteiger partial charge >= 0.3 is 0 Å². The molecule has 6 nitrogen and oxygen atoms in total. The van der Waals surface area contributed by atoms with Crippen LogP contribution in [0.15, 0.2) is 29.8 Å². The van der Waals surface area contributed by atoms with Crippen molar-refractivity contribution < 1.29 is 14.3 Å². The predicted molar refractivity (Wildman–Crippen MR) is 99.3 cm³/mol. The highest BCUT2D eigenvalue weighted by Crippen LogP contribution is 2.25. The maximum atomic E-state index is 12.7. The summed E-state index contributed by atoms with van der Waals surface area (Å²) in [5.41, 5.74) is 1.09. The van der Waals surface area contributed by atoms with E-state index in [4.69, 9.17) is 9.47 Å².